The average molecular weight is 172 g/mol. The van der Waals surface area contributed by atoms with Crippen molar-refractivity contribution in [3.63, 3.8) is 0 Å². The van der Waals surface area contributed by atoms with Crippen molar-refractivity contribution in [3.8, 4) is 0 Å². The second-order valence-corrected chi connectivity index (χ2v) is 3.60. The van der Waals surface area contributed by atoms with E-state index < -0.39 is 0 Å². The summed E-state index contributed by atoms with van der Waals surface area (Å²) in [5.74, 6) is 0. The first-order chi connectivity index (χ1) is 6.18. The molecule has 0 aliphatic carbocycles. The predicted molar refractivity (Wildman–Crippen MR) is 53.8 cm³/mol. The number of aryl methyl sites for hydroxylation is 3. The maximum absolute atomic E-state index is 2.27. The van der Waals surface area contributed by atoms with Crippen LogP contribution in [0.25, 0.3) is 5.52 Å². The van der Waals surface area contributed by atoms with Gasteiger partial charge in [0.25, 0.3) is 0 Å². The Morgan fingerprint density at radius 2 is 1.69 bits per heavy atom. The molecule has 1 heteroatoms. The van der Waals surface area contributed by atoms with Gasteiger partial charge in [0.1, 0.15) is 0 Å². The van der Waals surface area contributed by atoms with Gasteiger partial charge in [0.2, 0.25) is 5.52 Å². The fourth-order valence-corrected chi connectivity index (χ4v) is 1.90. The Morgan fingerprint density at radius 3 is 2.46 bits per heavy atom. The van der Waals surface area contributed by atoms with Crippen molar-refractivity contribution >= 4 is 5.52 Å². The fourth-order valence-electron chi connectivity index (χ4n) is 1.90. The van der Waals surface area contributed by atoms with E-state index in [9.17, 15) is 0 Å². The summed E-state index contributed by atoms with van der Waals surface area (Å²) in [6.07, 6.45) is 0. The third kappa shape index (κ3) is 1.31. The van der Waals surface area contributed by atoms with Crippen molar-refractivity contribution in [1.29, 1.82) is 0 Å². The molecule has 0 aliphatic heterocycles. The van der Waals surface area contributed by atoms with Gasteiger partial charge in [-0.15, -0.1) is 0 Å². The molecular formula is C12H14N+. The number of pyridine rings is 2. The highest BCUT2D eigenvalue weighted by atomic mass is 14.9. The number of fused-ring (bicyclic) bond motifs is 1. The van der Waals surface area contributed by atoms with Crippen LogP contribution in [0.4, 0.5) is 0 Å². The first kappa shape index (κ1) is 8.24. The summed E-state index contributed by atoms with van der Waals surface area (Å²) in [4.78, 5) is 0. The second kappa shape index (κ2) is 2.84. The van der Waals surface area contributed by atoms with Gasteiger partial charge in [-0.25, -0.2) is 0 Å². The molecule has 2 aromatic rings. The summed E-state index contributed by atoms with van der Waals surface area (Å²) in [6, 6.07) is 10.8. The van der Waals surface area contributed by atoms with E-state index in [4.69, 9.17) is 0 Å². The third-order valence-corrected chi connectivity index (χ3v) is 2.38. The normalized spacial score (nSPS) is 10.7. The van der Waals surface area contributed by atoms with Crippen molar-refractivity contribution < 1.29 is 4.40 Å². The van der Waals surface area contributed by atoms with Crippen LogP contribution >= 0.6 is 0 Å². The van der Waals surface area contributed by atoms with Crippen molar-refractivity contribution in [2.24, 2.45) is 0 Å². The first-order valence-electron chi connectivity index (χ1n) is 4.57. The summed E-state index contributed by atoms with van der Waals surface area (Å²) in [5, 5.41) is 0. The van der Waals surface area contributed by atoms with Gasteiger partial charge in [-0.1, -0.05) is 0 Å². The lowest BCUT2D eigenvalue weighted by atomic mass is 10.2. The second-order valence-electron chi connectivity index (χ2n) is 3.60. The van der Waals surface area contributed by atoms with Crippen molar-refractivity contribution in [1.82, 2.24) is 0 Å². The largest absolute Gasteiger partial charge is 0.211 e. The monoisotopic (exact) mass is 172 g/mol. The summed E-state index contributed by atoms with van der Waals surface area (Å²) < 4.78 is 2.27. The van der Waals surface area contributed by atoms with Crippen LogP contribution in [0.2, 0.25) is 0 Å². The van der Waals surface area contributed by atoms with Crippen LogP contribution in [0.5, 0.6) is 0 Å². The lowest BCUT2D eigenvalue weighted by molar-refractivity contribution is -0.527. The fraction of sp³-hybridized carbons (Fsp3) is 0.250. The number of rotatable bonds is 0. The third-order valence-electron chi connectivity index (χ3n) is 2.38. The topological polar surface area (TPSA) is 4.10 Å². The van der Waals surface area contributed by atoms with E-state index in [0.717, 1.165) is 0 Å². The highest BCUT2D eigenvalue weighted by Crippen LogP contribution is 2.05. The molecule has 0 bridgehead atoms. The number of nitrogens with zero attached hydrogens (tertiary/aromatic N) is 1. The molecule has 0 saturated carbocycles. The summed E-state index contributed by atoms with van der Waals surface area (Å²) >= 11 is 0. The zero-order chi connectivity index (χ0) is 9.42. The molecule has 0 fully saturated rings. The van der Waals surface area contributed by atoms with Crippen LogP contribution in [-0.2, 0) is 0 Å². The van der Waals surface area contributed by atoms with E-state index in [-0.39, 0.29) is 0 Å². The number of hydrogen-bond donors (Lipinski definition) is 0. The van der Waals surface area contributed by atoms with Crippen molar-refractivity contribution in [2.45, 2.75) is 20.8 Å². The highest BCUT2D eigenvalue weighted by Gasteiger charge is 2.08. The molecule has 0 unspecified atom stereocenters. The minimum Gasteiger partial charge on any atom is -0.162 e. The van der Waals surface area contributed by atoms with E-state index in [0.29, 0.717) is 0 Å². The Morgan fingerprint density at radius 1 is 0.923 bits per heavy atom. The summed E-state index contributed by atoms with van der Waals surface area (Å²) in [6.45, 7) is 6.41. The Balaban J connectivity index is 2.94. The lowest BCUT2D eigenvalue weighted by Crippen LogP contribution is -2.29. The van der Waals surface area contributed by atoms with E-state index in [2.05, 4.69) is 55.5 Å². The van der Waals surface area contributed by atoms with Crippen LogP contribution in [0.1, 0.15) is 17.0 Å². The average Bonchev–Trinajstić information content (AvgIpc) is 2.02. The molecule has 0 spiro atoms. The van der Waals surface area contributed by atoms with Gasteiger partial charge in [-0.2, -0.15) is 4.40 Å². The van der Waals surface area contributed by atoms with E-state index in [1.54, 1.807) is 0 Å². The van der Waals surface area contributed by atoms with Gasteiger partial charge < -0.3 is 0 Å². The van der Waals surface area contributed by atoms with Gasteiger partial charge in [0.05, 0.1) is 0 Å². The number of hydrogen-bond acceptors (Lipinski definition) is 0. The molecule has 66 valence electrons. The van der Waals surface area contributed by atoms with Crippen LogP contribution in [-0.4, -0.2) is 0 Å². The van der Waals surface area contributed by atoms with Gasteiger partial charge in [-0.3, -0.25) is 0 Å². The van der Waals surface area contributed by atoms with Gasteiger partial charge in [0.15, 0.2) is 11.4 Å². The minimum atomic E-state index is 1.28. The Bertz CT molecular complexity index is 458. The van der Waals surface area contributed by atoms with Crippen molar-refractivity contribution in [2.75, 3.05) is 0 Å². The summed E-state index contributed by atoms with van der Waals surface area (Å²) in [5.41, 5.74) is 5.18. The molecule has 0 aromatic carbocycles. The van der Waals surface area contributed by atoms with Crippen LogP contribution in [0.3, 0.4) is 0 Å². The molecule has 2 aromatic heterocycles. The van der Waals surface area contributed by atoms with E-state index in [1.165, 1.54) is 22.5 Å². The molecule has 13 heavy (non-hydrogen) atoms. The summed E-state index contributed by atoms with van der Waals surface area (Å²) in [7, 11) is 0. The predicted octanol–water partition coefficient (Wildman–Crippen LogP) is 2.35. The zero-order valence-electron chi connectivity index (χ0n) is 8.33. The highest BCUT2D eigenvalue weighted by molar-refractivity contribution is 5.42. The zero-order valence-corrected chi connectivity index (χ0v) is 8.33. The molecule has 0 saturated heterocycles. The molecule has 0 N–H and O–H groups in total. The van der Waals surface area contributed by atoms with E-state index in [1.807, 2.05) is 0 Å². The van der Waals surface area contributed by atoms with Gasteiger partial charge in [-0.05, 0) is 18.6 Å². The molecule has 1 nitrogen and oxygen atoms in total. The van der Waals surface area contributed by atoms with Gasteiger partial charge >= 0.3 is 0 Å². The molecule has 0 atom stereocenters. The van der Waals surface area contributed by atoms with Crippen LogP contribution in [0, 0.1) is 20.8 Å². The van der Waals surface area contributed by atoms with E-state index >= 15 is 0 Å². The molecule has 2 heterocycles. The maximum Gasteiger partial charge on any atom is 0.211 e. The molecule has 0 radical (unpaired) electrons. The smallest absolute Gasteiger partial charge is 0.162 e. The lowest BCUT2D eigenvalue weighted by Gasteiger charge is -1.99. The standard InChI is InChI=1S/C12H14N/c1-9-7-11(3)13-10(2)5-4-6-12(13)8-9/h4-8H,1-3H3/q+1. The molecule has 0 aliphatic rings. The Hall–Kier alpha value is -1.37. The Kier molecular flexibility index (Phi) is 1.80. The quantitative estimate of drug-likeness (QED) is 0.537. The maximum atomic E-state index is 2.27. The van der Waals surface area contributed by atoms with Crippen molar-refractivity contribution in [3.05, 3.63) is 47.3 Å². The molecule has 0 amide bonds. The molecular weight excluding hydrogens is 158 g/mol. The Labute approximate surface area is 78.7 Å². The van der Waals surface area contributed by atoms with Gasteiger partial charge in [0, 0.05) is 38.1 Å². The number of aromatic nitrogens is 1. The molecule has 2 rings (SSSR count). The van der Waals surface area contributed by atoms with Crippen LogP contribution in [0.15, 0.2) is 30.3 Å². The SMILES string of the molecule is Cc1cc(C)[n+]2c(C)cccc2c1. The first-order valence-corrected chi connectivity index (χ1v) is 4.57. The van der Waals surface area contributed by atoms with Crippen LogP contribution < -0.4 is 4.40 Å². The minimum absolute atomic E-state index is 1.28.